The predicted octanol–water partition coefficient (Wildman–Crippen LogP) is 3.72. The number of aromatic nitrogens is 5. The number of hydrogen-bond acceptors (Lipinski definition) is 6. The molecule has 7 heteroatoms. The molecule has 0 radical (unpaired) electrons. The minimum absolute atomic E-state index is 0.106. The van der Waals surface area contributed by atoms with Gasteiger partial charge in [-0.1, -0.05) is 6.07 Å². The summed E-state index contributed by atoms with van der Waals surface area (Å²) in [6, 6.07) is 15.0. The lowest BCUT2D eigenvalue weighted by Crippen LogP contribution is -1.92. The number of pyridine rings is 1. The Morgan fingerprint density at radius 3 is 2.46 bits per heavy atom. The number of methoxy groups -OCH3 is 1. The van der Waals surface area contributed by atoms with Crippen LogP contribution in [-0.4, -0.2) is 36.8 Å². The number of nitrogens with zero attached hydrogens (tertiary/aromatic N) is 5. The van der Waals surface area contributed by atoms with Gasteiger partial charge in [-0.3, -0.25) is 14.4 Å². The third-order valence-electron chi connectivity index (χ3n) is 4.64. The molecule has 0 fully saturated rings. The van der Waals surface area contributed by atoms with Crippen molar-refractivity contribution in [2.24, 2.45) is 0 Å². The second-order valence-electron chi connectivity index (χ2n) is 6.32. The van der Waals surface area contributed by atoms with Crippen molar-refractivity contribution in [3.8, 4) is 34.0 Å². The fraction of sp³-hybridized carbons (Fsp3) is 0.0476. The highest BCUT2D eigenvalue weighted by molar-refractivity contribution is 5.80. The van der Waals surface area contributed by atoms with Crippen molar-refractivity contribution in [1.29, 1.82) is 0 Å². The van der Waals surface area contributed by atoms with E-state index in [-0.39, 0.29) is 5.75 Å². The lowest BCUT2D eigenvalue weighted by molar-refractivity contribution is 0.373. The number of aromatic hydroxyl groups is 1. The first-order chi connectivity index (χ1) is 13.7. The summed E-state index contributed by atoms with van der Waals surface area (Å²) in [4.78, 5) is 8.67. The molecule has 0 bridgehead atoms. The van der Waals surface area contributed by atoms with Gasteiger partial charge in [-0.2, -0.15) is 0 Å². The molecule has 5 rings (SSSR count). The summed E-state index contributed by atoms with van der Waals surface area (Å²) >= 11 is 0. The van der Waals surface area contributed by atoms with Crippen molar-refractivity contribution in [3.63, 3.8) is 0 Å². The summed E-state index contributed by atoms with van der Waals surface area (Å²) < 4.78 is 7.16. The minimum Gasteiger partial charge on any atom is -0.504 e. The van der Waals surface area contributed by atoms with E-state index in [0.29, 0.717) is 5.75 Å². The van der Waals surface area contributed by atoms with Gasteiger partial charge in [0.15, 0.2) is 23.0 Å². The van der Waals surface area contributed by atoms with Gasteiger partial charge in [0, 0.05) is 24.2 Å². The van der Waals surface area contributed by atoms with E-state index in [2.05, 4.69) is 20.2 Å². The highest BCUT2D eigenvalue weighted by atomic mass is 16.5. The zero-order valence-corrected chi connectivity index (χ0v) is 14.9. The Kier molecular flexibility index (Phi) is 3.65. The van der Waals surface area contributed by atoms with Crippen LogP contribution in [0.15, 0.2) is 67.1 Å². The maximum absolute atomic E-state index is 9.84. The molecule has 136 valence electrons. The number of hydrogen-bond donors (Lipinski definition) is 1. The van der Waals surface area contributed by atoms with Crippen molar-refractivity contribution >= 4 is 16.7 Å². The van der Waals surface area contributed by atoms with E-state index in [1.54, 1.807) is 24.5 Å². The Bertz CT molecular complexity index is 1330. The van der Waals surface area contributed by atoms with Crippen LogP contribution in [-0.2, 0) is 0 Å². The van der Waals surface area contributed by atoms with Crippen LogP contribution in [0.4, 0.5) is 0 Å². The van der Waals surface area contributed by atoms with Crippen LogP contribution < -0.4 is 4.74 Å². The van der Waals surface area contributed by atoms with Crippen molar-refractivity contribution in [2.75, 3.05) is 7.11 Å². The summed E-state index contributed by atoms with van der Waals surface area (Å²) in [5.41, 5.74) is 5.14. The van der Waals surface area contributed by atoms with Crippen molar-refractivity contribution in [1.82, 2.24) is 24.6 Å². The lowest BCUT2D eigenvalue weighted by atomic mass is 10.1. The van der Waals surface area contributed by atoms with Gasteiger partial charge in [0.25, 0.3) is 0 Å². The molecule has 0 saturated heterocycles. The Labute approximate surface area is 159 Å². The van der Waals surface area contributed by atoms with Crippen LogP contribution >= 0.6 is 0 Å². The molecule has 0 aliphatic heterocycles. The smallest absolute Gasteiger partial charge is 0.168 e. The van der Waals surface area contributed by atoms with E-state index in [1.165, 1.54) is 7.11 Å². The average Bonchev–Trinajstić information content (AvgIpc) is 3.17. The third kappa shape index (κ3) is 2.61. The molecule has 0 spiro atoms. The van der Waals surface area contributed by atoms with Gasteiger partial charge in [-0.05, 0) is 53.6 Å². The highest BCUT2D eigenvalue weighted by Crippen LogP contribution is 2.32. The van der Waals surface area contributed by atoms with E-state index >= 15 is 0 Å². The number of benzene rings is 2. The van der Waals surface area contributed by atoms with Gasteiger partial charge in [0.1, 0.15) is 0 Å². The zero-order valence-electron chi connectivity index (χ0n) is 14.9. The molecule has 3 aromatic heterocycles. The number of phenols is 1. The molecule has 3 heterocycles. The summed E-state index contributed by atoms with van der Waals surface area (Å²) in [6.07, 6.45) is 5.31. The molecule has 0 saturated carbocycles. The van der Waals surface area contributed by atoms with Crippen LogP contribution in [0.3, 0.4) is 0 Å². The molecular weight excluding hydrogens is 354 g/mol. The van der Waals surface area contributed by atoms with E-state index in [0.717, 1.165) is 39.2 Å². The number of fused-ring (bicyclic) bond motifs is 2. The Morgan fingerprint density at radius 1 is 0.821 bits per heavy atom. The first kappa shape index (κ1) is 16.2. The summed E-state index contributed by atoms with van der Waals surface area (Å²) in [6.45, 7) is 0. The average molecular weight is 369 g/mol. The molecular formula is C21H15N5O2. The van der Waals surface area contributed by atoms with Crippen LogP contribution in [0.1, 0.15) is 0 Å². The molecule has 0 atom stereocenters. The van der Waals surface area contributed by atoms with Crippen molar-refractivity contribution < 1.29 is 9.84 Å². The second kappa shape index (κ2) is 6.31. The molecule has 0 unspecified atom stereocenters. The van der Waals surface area contributed by atoms with Gasteiger partial charge in [0.2, 0.25) is 0 Å². The molecule has 0 amide bonds. The maximum atomic E-state index is 9.84. The Hall–Kier alpha value is -4.00. The zero-order chi connectivity index (χ0) is 19.1. The first-order valence-electron chi connectivity index (χ1n) is 8.66. The van der Waals surface area contributed by atoms with Crippen LogP contribution in [0.5, 0.6) is 11.5 Å². The summed E-state index contributed by atoms with van der Waals surface area (Å²) in [5.74, 6) is 1.25. The molecule has 28 heavy (non-hydrogen) atoms. The minimum atomic E-state index is 0.106. The number of phenolic OH excluding ortho intramolecular Hbond substituents is 1. The lowest BCUT2D eigenvalue weighted by Gasteiger charge is -2.08. The van der Waals surface area contributed by atoms with E-state index in [1.807, 2.05) is 47.0 Å². The van der Waals surface area contributed by atoms with Gasteiger partial charge in [-0.15, -0.1) is 10.2 Å². The van der Waals surface area contributed by atoms with Crippen molar-refractivity contribution in [3.05, 3.63) is 67.1 Å². The molecule has 0 aliphatic carbocycles. The molecule has 7 nitrogen and oxygen atoms in total. The van der Waals surface area contributed by atoms with E-state index < -0.39 is 0 Å². The summed E-state index contributed by atoms with van der Waals surface area (Å²) in [5, 5.41) is 18.5. The normalized spacial score (nSPS) is 11.2. The fourth-order valence-electron chi connectivity index (χ4n) is 3.22. The number of rotatable bonds is 3. The maximum Gasteiger partial charge on any atom is 0.168 e. The SMILES string of the molecule is COc1cc(-c2ccc3nnc(-c4ccc5nccnc5c4)n3c2)ccc1O. The van der Waals surface area contributed by atoms with E-state index in [4.69, 9.17) is 4.74 Å². The van der Waals surface area contributed by atoms with Gasteiger partial charge >= 0.3 is 0 Å². The monoisotopic (exact) mass is 369 g/mol. The molecule has 1 N–H and O–H groups in total. The molecule has 0 aliphatic rings. The largest absolute Gasteiger partial charge is 0.504 e. The second-order valence-corrected chi connectivity index (χ2v) is 6.32. The van der Waals surface area contributed by atoms with Gasteiger partial charge in [-0.25, -0.2) is 0 Å². The highest BCUT2D eigenvalue weighted by Gasteiger charge is 2.11. The van der Waals surface area contributed by atoms with E-state index in [9.17, 15) is 5.11 Å². The predicted molar refractivity (Wildman–Crippen MR) is 105 cm³/mol. The van der Waals surface area contributed by atoms with Crippen molar-refractivity contribution in [2.45, 2.75) is 0 Å². The fourth-order valence-corrected chi connectivity index (χ4v) is 3.22. The topological polar surface area (TPSA) is 85.4 Å². The van der Waals surface area contributed by atoms with Gasteiger partial charge in [0.05, 0.1) is 18.1 Å². The third-order valence-corrected chi connectivity index (χ3v) is 4.64. The van der Waals surface area contributed by atoms with Crippen LogP contribution in [0, 0.1) is 0 Å². The Morgan fingerprint density at radius 2 is 1.61 bits per heavy atom. The molecule has 5 aromatic rings. The standard InChI is InChI=1S/C21H15N5O2/c1-28-19-11-13(3-6-18(19)27)15-4-7-20-24-25-21(26(20)12-15)14-2-5-16-17(10-14)23-9-8-22-16/h2-12,27H,1H3. The van der Waals surface area contributed by atoms with Gasteiger partial charge < -0.3 is 9.84 Å². The van der Waals surface area contributed by atoms with Crippen LogP contribution in [0.25, 0.3) is 39.2 Å². The number of ether oxygens (including phenoxy) is 1. The molecule has 2 aromatic carbocycles. The van der Waals surface area contributed by atoms with Crippen LogP contribution in [0.2, 0.25) is 0 Å². The first-order valence-corrected chi connectivity index (χ1v) is 8.66. The Balaban J connectivity index is 1.65. The quantitative estimate of drug-likeness (QED) is 0.522. The summed E-state index contributed by atoms with van der Waals surface area (Å²) in [7, 11) is 1.53.